The van der Waals surface area contributed by atoms with Crippen molar-refractivity contribution < 1.29 is 9.53 Å². The number of nitrogens with one attached hydrogen (secondary N) is 1. The van der Waals surface area contributed by atoms with Crippen LogP contribution in [-0.4, -0.2) is 44.0 Å². The van der Waals surface area contributed by atoms with E-state index in [9.17, 15) is 4.79 Å². The fourth-order valence-corrected chi connectivity index (χ4v) is 21.1. The van der Waals surface area contributed by atoms with E-state index in [0.717, 1.165) is 18.5 Å². The Labute approximate surface area is 189 Å². The van der Waals surface area contributed by atoms with Crippen LogP contribution in [0, 0.1) is 0 Å². The second-order valence-electron chi connectivity index (χ2n) is 9.27. The summed E-state index contributed by atoms with van der Waals surface area (Å²) in [5.41, 5.74) is 1.13. The SMILES string of the molecule is CCC[CH2][Sn]([CH2]CCC)([CH2]CCC)[c]1ccc(C(C(=O)OC)C2CCCCN2)cc1. The summed E-state index contributed by atoms with van der Waals surface area (Å²) in [6.07, 6.45) is 11.5. The molecule has 2 atom stereocenters. The molecule has 1 saturated heterocycles. The Hall–Kier alpha value is -0.551. The van der Waals surface area contributed by atoms with Gasteiger partial charge in [-0.05, 0) is 0 Å². The van der Waals surface area contributed by atoms with Gasteiger partial charge in [0.1, 0.15) is 0 Å². The predicted octanol–water partition coefficient (Wildman–Crippen LogP) is 6.14. The van der Waals surface area contributed by atoms with Crippen molar-refractivity contribution in [1.82, 2.24) is 5.32 Å². The number of carbonyl (C=O) groups excluding carboxylic acids is 1. The van der Waals surface area contributed by atoms with Crippen molar-refractivity contribution in [2.75, 3.05) is 13.7 Å². The minimum absolute atomic E-state index is 0.0973. The van der Waals surface area contributed by atoms with Gasteiger partial charge in [0.05, 0.1) is 0 Å². The average Bonchev–Trinajstić information content (AvgIpc) is 2.80. The summed E-state index contributed by atoms with van der Waals surface area (Å²) in [7, 11) is 1.52. The second-order valence-corrected chi connectivity index (χ2v) is 22.5. The van der Waals surface area contributed by atoms with Gasteiger partial charge in [-0.1, -0.05) is 0 Å². The summed E-state index contributed by atoms with van der Waals surface area (Å²) >= 11 is -2.41. The molecule has 1 heterocycles. The summed E-state index contributed by atoms with van der Waals surface area (Å²) in [6, 6.07) is 9.58. The van der Waals surface area contributed by atoms with Gasteiger partial charge >= 0.3 is 190 Å². The molecule has 0 aromatic heterocycles. The normalized spacial score (nSPS) is 18.2. The third-order valence-electron chi connectivity index (χ3n) is 7.11. The first-order chi connectivity index (χ1) is 14.6. The van der Waals surface area contributed by atoms with E-state index in [1.807, 2.05) is 0 Å². The van der Waals surface area contributed by atoms with Crippen molar-refractivity contribution in [3.63, 3.8) is 0 Å². The van der Waals surface area contributed by atoms with Gasteiger partial charge in [-0.2, -0.15) is 0 Å². The van der Waals surface area contributed by atoms with Crippen molar-refractivity contribution in [2.45, 2.75) is 104 Å². The molecule has 1 fully saturated rings. The topological polar surface area (TPSA) is 38.3 Å². The van der Waals surface area contributed by atoms with Crippen LogP contribution in [0.5, 0.6) is 0 Å². The van der Waals surface area contributed by atoms with Gasteiger partial charge < -0.3 is 0 Å². The second kappa shape index (κ2) is 13.8. The van der Waals surface area contributed by atoms with Gasteiger partial charge in [0.25, 0.3) is 0 Å². The van der Waals surface area contributed by atoms with Gasteiger partial charge in [0, 0.05) is 0 Å². The number of unbranched alkanes of at least 4 members (excludes halogenated alkanes) is 3. The van der Waals surface area contributed by atoms with E-state index in [4.69, 9.17) is 4.74 Å². The number of hydrogen-bond donors (Lipinski definition) is 1. The minimum atomic E-state index is -2.41. The molecule has 0 aliphatic carbocycles. The molecule has 0 spiro atoms. The van der Waals surface area contributed by atoms with Crippen LogP contribution >= 0.6 is 0 Å². The third kappa shape index (κ3) is 6.98. The molecule has 1 N–H and O–H groups in total. The summed E-state index contributed by atoms with van der Waals surface area (Å²) in [5, 5.41) is 3.57. The van der Waals surface area contributed by atoms with Crippen molar-refractivity contribution in [3.8, 4) is 0 Å². The van der Waals surface area contributed by atoms with E-state index in [0.29, 0.717) is 0 Å². The summed E-state index contributed by atoms with van der Waals surface area (Å²) in [6.45, 7) is 7.99. The van der Waals surface area contributed by atoms with Crippen molar-refractivity contribution in [2.24, 2.45) is 0 Å². The molecule has 2 rings (SSSR count). The quantitative estimate of drug-likeness (QED) is 0.250. The van der Waals surface area contributed by atoms with Crippen LogP contribution in [0.2, 0.25) is 13.3 Å². The molecule has 0 saturated carbocycles. The van der Waals surface area contributed by atoms with Crippen molar-refractivity contribution >= 4 is 27.9 Å². The van der Waals surface area contributed by atoms with Gasteiger partial charge in [-0.15, -0.1) is 0 Å². The first-order valence-corrected chi connectivity index (χ1v) is 20.0. The molecule has 0 amide bonds. The first-order valence-electron chi connectivity index (χ1n) is 12.5. The predicted molar refractivity (Wildman–Crippen MR) is 131 cm³/mol. The molecular formula is C26H45NO2Sn. The van der Waals surface area contributed by atoms with Crippen LogP contribution in [0.25, 0.3) is 0 Å². The van der Waals surface area contributed by atoms with Crippen LogP contribution in [0.4, 0.5) is 0 Å². The Morgan fingerprint density at radius 2 is 1.57 bits per heavy atom. The fraction of sp³-hybridized carbons (Fsp3) is 0.731. The van der Waals surface area contributed by atoms with Crippen LogP contribution < -0.4 is 8.90 Å². The Bertz CT molecular complexity index is 588. The Balaban J connectivity index is 2.33. The Kier molecular flexibility index (Phi) is 11.8. The van der Waals surface area contributed by atoms with Crippen LogP contribution in [0.1, 0.15) is 90.0 Å². The number of benzene rings is 1. The van der Waals surface area contributed by atoms with E-state index in [1.54, 1.807) is 3.58 Å². The zero-order valence-electron chi connectivity index (χ0n) is 20.0. The molecule has 30 heavy (non-hydrogen) atoms. The zero-order valence-corrected chi connectivity index (χ0v) is 22.8. The molecule has 1 aromatic rings. The van der Waals surface area contributed by atoms with Gasteiger partial charge in [0.2, 0.25) is 0 Å². The van der Waals surface area contributed by atoms with Crippen LogP contribution in [0.15, 0.2) is 24.3 Å². The average molecular weight is 522 g/mol. The molecule has 1 aliphatic heterocycles. The summed E-state index contributed by atoms with van der Waals surface area (Å²) in [4.78, 5) is 12.7. The Morgan fingerprint density at radius 1 is 1.00 bits per heavy atom. The molecule has 1 aromatic carbocycles. The van der Waals surface area contributed by atoms with E-state index in [-0.39, 0.29) is 17.9 Å². The van der Waals surface area contributed by atoms with Crippen molar-refractivity contribution in [3.05, 3.63) is 29.8 Å². The molecule has 2 unspecified atom stereocenters. The standard InChI is InChI=1S/C14H18NO2.3C4H9.Sn/c1-17-14(16)13(11-7-3-2-4-8-11)12-9-5-6-10-15-12;3*1-3-4-2;/h3-4,7-8,12-13,15H,5-6,9-10H2,1H3;3*1,3-4H2,2H3;. The maximum atomic E-state index is 12.7. The monoisotopic (exact) mass is 523 g/mol. The van der Waals surface area contributed by atoms with E-state index in [2.05, 4.69) is 50.4 Å². The van der Waals surface area contributed by atoms with Crippen molar-refractivity contribution in [1.29, 1.82) is 0 Å². The molecule has 3 nitrogen and oxygen atoms in total. The number of carbonyl (C=O) groups is 1. The molecular weight excluding hydrogens is 477 g/mol. The first kappa shape index (κ1) is 25.7. The van der Waals surface area contributed by atoms with Gasteiger partial charge in [-0.25, -0.2) is 0 Å². The third-order valence-corrected chi connectivity index (χ3v) is 22.8. The van der Waals surface area contributed by atoms with E-state index >= 15 is 0 Å². The maximum absolute atomic E-state index is 12.7. The number of hydrogen-bond acceptors (Lipinski definition) is 3. The van der Waals surface area contributed by atoms with E-state index < -0.39 is 18.4 Å². The Morgan fingerprint density at radius 3 is 2.00 bits per heavy atom. The number of methoxy groups -OCH3 is 1. The number of ether oxygens (including phenoxy) is 1. The molecule has 1 aliphatic rings. The summed E-state index contributed by atoms with van der Waals surface area (Å²) < 4.78 is 11.3. The van der Waals surface area contributed by atoms with Gasteiger partial charge in [-0.3, -0.25) is 0 Å². The molecule has 4 heteroatoms. The molecule has 170 valence electrons. The van der Waals surface area contributed by atoms with Crippen LogP contribution in [0.3, 0.4) is 0 Å². The zero-order chi connectivity index (χ0) is 21.8. The van der Waals surface area contributed by atoms with Gasteiger partial charge in [0.15, 0.2) is 0 Å². The van der Waals surface area contributed by atoms with E-state index in [1.165, 1.54) is 71.8 Å². The number of rotatable bonds is 13. The number of esters is 1. The number of piperidine rings is 1. The van der Waals surface area contributed by atoms with Crippen LogP contribution in [-0.2, 0) is 9.53 Å². The molecule has 0 bridgehead atoms. The fourth-order valence-electron chi connectivity index (χ4n) is 5.22. The molecule has 0 radical (unpaired) electrons. The summed E-state index contributed by atoms with van der Waals surface area (Å²) in [5.74, 6) is -0.282.